The molecule has 138 valence electrons. The highest BCUT2D eigenvalue weighted by molar-refractivity contribution is 5.94. The van der Waals surface area contributed by atoms with Gasteiger partial charge in [0.05, 0.1) is 11.8 Å². The van der Waals surface area contributed by atoms with Crippen LogP contribution in [0.1, 0.15) is 48.9 Å². The van der Waals surface area contributed by atoms with Gasteiger partial charge in [-0.15, -0.1) is 0 Å². The Labute approximate surface area is 155 Å². The van der Waals surface area contributed by atoms with Crippen LogP contribution in [0, 0.1) is 0 Å². The summed E-state index contributed by atoms with van der Waals surface area (Å²) in [6.45, 7) is 1.34. The summed E-state index contributed by atoms with van der Waals surface area (Å²) in [5.41, 5.74) is 8.85. The number of carbonyl (C=O) groups is 1. The molecule has 0 radical (unpaired) electrons. The lowest BCUT2D eigenvalue weighted by molar-refractivity contribution is 0.0273. The van der Waals surface area contributed by atoms with Crippen LogP contribution >= 0.6 is 0 Å². The van der Waals surface area contributed by atoms with Crippen molar-refractivity contribution in [3.05, 3.63) is 48.2 Å². The molecule has 3 rings (SSSR count). The van der Waals surface area contributed by atoms with Gasteiger partial charge in [0.25, 0.3) is 5.91 Å². The number of hydrogen-bond donors (Lipinski definition) is 2. The number of nitrogen functional groups attached to an aromatic ring is 1. The lowest BCUT2D eigenvalue weighted by Crippen LogP contribution is -2.26. The molecule has 1 aliphatic rings. The summed E-state index contributed by atoms with van der Waals surface area (Å²) in [6.07, 6.45) is 9.20. The Morgan fingerprint density at radius 3 is 2.65 bits per heavy atom. The molecule has 0 saturated heterocycles. The Morgan fingerprint density at radius 1 is 1.15 bits per heavy atom. The standard InChI is InChI=1S/C21H27N3O2/c22-18-11-13-23-20(15-18)16-7-9-17(10-8-16)21(25)24-12-4-14-26-19-5-2-1-3-6-19/h7-11,13,15,19H,1-6,12,14H2,(H2,22,23)(H,24,25). The summed E-state index contributed by atoms with van der Waals surface area (Å²) in [5, 5.41) is 2.95. The van der Waals surface area contributed by atoms with Crippen LogP contribution in [-0.2, 0) is 4.74 Å². The average molecular weight is 353 g/mol. The first-order valence-corrected chi connectivity index (χ1v) is 9.44. The molecule has 0 spiro atoms. The molecule has 1 fully saturated rings. The molecular formula is C21H27N3O2. The number of rotatable bonds is 7. The zero-order chi connectivity index (χ0) is 18.2. The predicted molar refractivity (Wildman–Crippen MR) is 104 cm³/mol. The average Bonchev–Trinajstić information content (AvgIpc) is 2.68. The Bertz CT molecular complexity index is 709. The van der Waals surface area contributed by atoms with Crippen molar-refractivity contribution < 1.29 is 9.53 Å². The number of nitrogens with zero attached hydrogens (tertiary/aromatic N) is 1. The van der Waals surface area contributed by atoms with Crippen LogP contribution in [0.3, 0.4) is 0 Å². The number of amides is 1. The van der Waals surface area contributed by atoms with E-state index in [0.717, 1.165) is 17.7 Å². The van der Waals surface area contributed by atoms with E-state index >= 15 is 0 Å². The zero-order valence-corrected chi connectivity index (χ0v) is 15.1. The van der Waals surface area contributed by atoms with Gasteiger partial charge >= 0.3 is 0 Å². The summed E-state index contributed by atoms with van der Waals surface area (Å²) >= 11 is 0. The van der Waals surface area contributed by atoms with E-state index in [-0.39, 0.29) is 5.91 Å². The van der Waals surface area contributed by atoms with Gasteiger partial charge in [-0.25, -0.2) is 0 Å². The third kappa shape index (κ3) is 5.30. The van der Waals surface area contributed by atoms with E-state index in [1.54, 1.807) is 12.3 Å². The first-order valence-electron chi connectivity index (χ1n) is 9.44. The Balaban J connectivity index is 1.41. The van der Waals surface area contributed by atoms with Gasteiger partial charge in [0.15, 0.2) is 0 Å². The maximum atomic E-state index is 12.2. The van der Waals surface area contributed by atoms with E-state index in [4.69, 9.17) is 10.5 Å². The first kappa shape index (κ1) is 18.4. The van der Waals surface area contributed by atoms with Crippen molar-refractivity contribution in [1.82, 2.24) is 10.3 Å². The van der Waals surface area contributed by atoms with Crippen molar-refractivity contribution >= 4 is 11.6 Å². The quantitative estimate of drug-likeness (QED) is 0.742. The highest BCUT2D eigenvalue weighted by atomic mass is 16.5. The molecule has 2 aromatic rings. The Hall–Kier alpha value is -2.40. The van der Waals surface area contributed by atoms with Gasteiger partial charge in [0.2, 0.25) is 0 Å². The van der Waals surface area contributed by atoms with Gasteiger partial charge in [0.1, 0.15) is 0 Å². The van der Waals surface area contributed by atoms with Crippen molar-refractivity contribution in [2.75, 3.05) is 18.9 Å². The van der Waals surface area contributed by atoms with Gasteiger partial charge in [0, 0.05) is 36.2 Å². The van der Waals surface area contributed by atoms with Crippen LogP contribution in [0.5, 0.6) is 0 Å². The summed E-state index contributed by atoms with van der Waals surface area (Å²) in [5.74, 6) is -0.0604. The molecule has 0 bridgehead atoms. The number of aromatic nitrogens is 1. The van der Waals surface area contributed by atoms with Gasteiger partial charge in [-0.1, -0.05) is 31.4 Å². The normalized spacial score (nSPS) is 14.9. The maximum Gasteiger partial charge on any atom is 0.251 e. The molecule has 26 heavy (non-hydrogen) atoms. The maximum absolute atomic E-state index is 12.2. The van der Waals surface area contributed by atoms with Crippen molar-refractivity contribution in [2.45, 2.75) is 44.6 Å². The van der Waals surface area contributed by atoms with Crippen LogP contribution in [-0.4, -0.2) is 30.1 Å². The minimum Gasteiger partial charge on any atom is -0.399 e. The van der Waals surface area contributed by atoms with Crippen molar-refractivity contribution in [2.24, 2.45) is 0 Å². The second kappa shape index (κ2) is 9.34. The molecule has 0 aliphatic heterocycles. The molecule has 5 nitrogen and oxygen atoms in total. The van der Waals surface area contributed by atoms with Gasteiger partial charge in [-0.05, 0) is 43.5 Å². The SMILES string of the molecule is Nc1ccnc(-c2ccc(C(=O)NCCCOC3CCCCC3)cc2)c1. The van der Waals surface area contributed by atoms with E-state index in [9.17, 15) is 4.79 Å². The molecule has 1 aromatic heterocycles. The number of ether oxygens (including phenoxy) is 1. The van der Waals surface area contributed by atoms with Crippen LogP contribution in [0.25, 0.3) is 11.3 Å². The van der Waals surface area contributed by atoms with Crippen LogP contribution < -0.4 is 11.1 Å². The lowest BCUT2D eigenvalue weighted by Gasteiger charge is -2.21. The lowest BCUT2D eigenvalue weighted by atomic mass is 9.98. The van der Waals surface area contributed by atoms with Gasteiger partial charge in [-0.2, -0.15) is 0 Å². The third-order valence-electron chi connectivity index (χ3n) is 4.74. The molecule has 5 heteroatoms. The topological polar surface area (TPSA) is 77.2 Å². The van der Waals surface area contributed by atoms with Gasteiger partial charge < -0.3 is 15.8 Å². The molecule has 1 heterocycles. The minimum atomic E-state index is -0.0604. The van der Waals surface area contributed by atoms with E-state index in [2.05, 4.69) is 10.3 Å². The van der Waals surface area contributed by atoms with E-state index in [0.29, 0.717) is 30.5 Å². The molecule has 1 saturated carbocycles. The highest BCUT2D eigenvalue weighted by Crippen LogP contribution is 2.20. The summed E-state index contributed by atoms with van der Waals surface area (Å²) in [4.78, 5) is 16.5. The van der Waals surface area contributed by atoms with E-state index < -0.39 is 0 Å². The van der Waals surface area contributed by atoms with Crippen LogP contribution in [0.4, 0.5) is 5.69 Å². The van der Waals surface area contributed by atoms with Gasteiger partial charge in [-0.3, -0.25) is 9.78 Å². The third-order valence-corrected chi connectivity index (χ3v) is 4.74. The number of nitrogens with two attached hydrogens (primary N) is 1. The molecule has 3 N–H and O–H groups in total. The van der Waals surface area contributed by atoms with Crippen LogP contribution in [0.2, 0.25) is 0 Å². The smallest absolute Gasteiger partial charge is 0.251 e. The summed E-state index contributed by atoms with van der Waals surface area (Å²) in [7, 11) is 0. The van der Waals surface area contributed by atoms with Crippen LogP contribution in [0.15, 0.2) is 42.6 Å². The number of hydrogen-bond acceptors (Lipinski definition) is 4. The van der Waals surface area contributed by atoms with Crippen molar-refractivity contribution in [1.29, 1.82) is 0 Å². The number of benzene rings is 1. The van der Waals surface area contributed by atoms with E-state index in [1.807, 2.05) is 30.3 Å². The fraction of sp³-hybridized carbons (Fsp3) is 0.429. The summed E-state index contributed by atoms with van der Waals surface area (Å²) in [6, 6.07) is 11.0. The molecular weight excluding hydrogens is 326 g/mol. The number of pyridine rings is 1. The Morgan fingerprint density at radius 2 is 1.92 bits per heavy atom. The Kier molecular flexibility index (Phi) is 6.61. The number of nitrogens with one attached hydrogen (secondary N) is 1. The fourth-order valence-corrected chi connectivity index (χ4v) is 3.26. The molecule has 0 atom stereocenters. The fourth-order valence-electron chi connectivity index (χ4n) is 3.26. The monoisotopic (exact) mass is 353 g/mol. The second-order valence-corrected chi connectivity index (χ2v) is 6.79. The molecule has 1 amide bonds. The molecule has 0 unspecified atom stereocenters. The van der Waals surface area contributed by atoms with Crippen molar-refractivity contribution in [3.8, 4) is 11.3 Å². The van der Waals surface area contributed by atoms with Crippen molar-refractivity contribution in [3.63, 3.8) is 0 Å². The molecule has 1 aliphatic carbocycles. The van der Waals surface area contributed by atoms with E-state index in [1.165, 1.54) is 32.1 Å². The zero-order valence-electron chi connectivity index (χ0n) is 15.1. The minimum absolute atomic E-state index is 0.0604. The summed E-state index contributed by atoms with van der Waals surface area (Å²) < 4.78 is 5.88. The first-order chi connectivity index (χ1) is 12.7. The largest absolute Gasteiger partial charge is 0.399 e. The number of anilines is 1. The highest BCUT2D eigenvalue weighted by Gasteiger charge is 2.13. The molecule has 1 aromatic carbocycles. The predicted octanol–water partition coefficient (Wildman–Crippen LogP) is 3.80. The number of carbonyl (C=O) groups excluding carboxylic acids is 1. The second-order valence-electron chi connectivity index (χ2n) is 6.79.